The van der Waals surface area contributed by atoms with E-state index in [2.05, 4.69) is 62.3 Å². The summed E-state index contributed by atoms with van der Waals surface area (Å²) in [4.78, 5) is 38.3. The quantitative estimate of drug-likeness (QED) is 0.145. The molecule has 44 heavy (non-hydrogen) atoms. The highest BCUT2D eigenvalue weighted by Crippen LogP contribution is 2.29. The first-order valence-electron chi connectivity index (χ1n) is 15.3. The van der Waals surface area contributed by atoms with Crippen molar-refractivity contribution in [3.05, 3.63) is 47.7 Å². The van der Waals surface area contributed by atoms with Crippen LogP contribution in [-0.4, -0.2) is 98.2 Å². The molecule has 1 aromatic heterocycles. The standard InChI is InChI=1S/C32H45N9O3/c1-5-15-33-30-25(10-6-7-16-34-31(43)27-11-8-18-40(27)29(42)12-9-17-39(2)3)22-35-32(38-30)37-26-14-13-24-23-36-41(19-20-44-4)28(24)21-26/h9,12-14,21-22,27,36H,5,7-8,11,15-20,23H2,1-4H3,(H,34,43)(H2,33,35,37,38)/b12-9+/t27-/m0/s1. The zero-order valence-electron chi connectivity index (χ0n) is 26.3. The summed E-state index contributed by atoms with van der Waals surface area (Å²) in [5, 5.41) is 11.7. The number of fused-ring (bicyclic) bond motifs is 1. The van der Waals surface area contributed by atoms with Gasteiger partial charge >= 0.3 is 0 Å². The van der Waals surface area contributed by atoms with Crippen LogP contribution in [0.25, 0.3) is 0 Å². The minimum Gasteiger partial charge on any atom is -0.383 e. The van der Waals surface area contributed by atoms with Gasteiger partial charge < -0.3 is 35.5 Å². The lowest BCUT2D eigenvalue weighted by Crippen LogP contribution is -2.45. The molecular weight excluding hydrogens is 558 g/mol. The Morgan fingerprint density at radius 3 is 2.93 bits per heavy atom. The summed E-state index contributed by atoms with van der Waals surface area (Å²) in [6.45, 7) is 6.67. The molecule has 2 amide bonds. The highest BCUT2D eigenvalue weighted by atomic mass is 16.5. The molecule has 12 heteroatoms. The van der Waals surface area contributed by atoms with E-state index in [9.17, 15) is 9.59 Å². The molecule has 1 saturated heterocycles. The van der Waals surface area contributed by atoms with Crippen molar-refractivity contribution in [3.63, 3.8) is 0 Å². The fraction of sp³-hybridized carbons (Fsp3) is 0.500. The number of benzene rings is 1. The molecule has 0 unspecified atom stereocenters. The number of likely N-dealkylation sites (N-methyl/N-ethyl adjacent to an activating group) is 1. The van der Waals surface area contributed by atoms with E-state index in [-0.39, 0.29) is 11.8 Å². The lowest BCUT2D eigenvalue weighted by Gasteiger charge is -2.22. The van der Waals surface area contributed by atoms with E-state index in [0.717, 1.165) is 43.9 Å². The number of amides is 2. The Labute approximate surface area is 260 Å². The van der Waals surface area contributed by atoms with E-state index in [1.807, 2.05) is 31.1 Å². The van der Waals surface area contributed by atoms with Crippen LogP contribution in [0.15, 0.2) is 36.5 Å². The van der Waals surface area contributed by atoms with Crippen molar-refractivity contribution in [1.82, 2.24) is 30.5 Å². The molecule has 1 atom stereocenters. The second-order valence-electron chi connectivity index (χ2n) is 11.0. The number of hydrogen-bond donors (Lipinski definition) is 4. The van der Waals surface area contributed by atoms with Crippen LogP contribution in [0.5, 0.6) is 0 Å². The van der Waals surface area contributed by atoms with Gasteiger partial charge in [-0.25, -0.2) is 10.4 Å². The third kappa shape index (κ3) is 9.16. The number of nitrogens with one attached hydrogen (secondary N) is 4. The van der Waals surface area contributed by atoms with Gasteiger partial charge in [-0.1, -0.05) is 30.9 Å². The molecule has 12 nitrogen and oxygen atoms in total. The van der Waals surface area contributed by atoms with Crippen LogP contribution in [-0.2, 0) is 20.9 Å². The number of carbonyl (C=O) groups excluding carboxylic acids is 2. The molecule has 0 bridgehead atoms. The van der Waals surface area contributed by atoms with E-state index in [4.69, 9.17) is 9.72 Å². The Hall–Kier alpha value is -4.18. The predicted molar refractivity (Wildman–Crippen MR) is 174 cm³/mol. The van der Waals surface area contributed by atoms with Crippen molar-refractivity contribution in [2.24, 2.45) is 0 Å². The van der Waals surface area contributed by atoms with E-state index >= 15 is 0 Å². The molecule has 0 saturated carbocycles. The maximum absolute atomic E-state index is 12.8. The van der Waals surface area contributed by atoms with Crippen molar-refractivity contribution in [2.75, 3.05) is 76.2 Å². The van der Waals surface area contributed by atoms with Crippen LogP contribution < -0.4 is 26.4 Å². The summed E-state index contributed by atoms with van der Waals surface area (Å²) in [5.41, 5.74) is 7.29. The van der Waals surface area contributed by atoms with E-state index < -0.39 is 6.04 Å². The topological polar surface area (TPSA) is 127 Å². The number of aromatic nitrogens is 2. The summed E-state index contributed by atoms with van der Waals surface area (Å²) in [5.74, 6) is 7.17. The van der Waals surface area contributed by atoms with Gasteiger partial charge in [0.2, 0.25) is 17.8 Å². The summed E-state index contributed by atoms with van der Waals surface area (Å²) in [6.07, 6.45) is 7.99. The highest BCUT2D eigenvalue weighted by Gasteiger charge is 2.32. The van der Waals surface area contributed by atoms with Crippen LogP contribution in [0, 0.1) is 11.8 Å². The van der Waals surface area contributed by atoms with Crippen molar-refractivity contribution in [2.45, 2.75) is 45.2 Å². The summed E-state index contributed by atoms with van der Waals surface area (Å²) < 4.78 is 5.23. The molecule has 3 heterocycles. The van der Waals surface area contributed by atoms with Gasteiger partial charge in [0, 0.05) is 58.0 Å². The lowest BCUT2D eigenvalue weighted by atomic mass is 10.1. The zero-order valence-corrected chi connectivity index (χ0v) is 26.3. The van der Waals surface area contributed by atoms with E-state index in [1.54, 1.807) is 24.3 Å². The average molecular weight is 604 g/mol. The number of rotatable bonds is 14. The van der Waals surface area contributed by atoms with E-state index in [0.29, 0.717) is 56.4 Å². The molecule has 0 radical (unpaired) electrons. The minimum atomic E-state index is -0.437. The molecule has 1 fully saturated rings. The minimum absolute atomic E-state index is 0.119. The Morgan fingerprint density at radius 2 is 2.14 bits per heavy atom. The van der Waals surface area contributed by atoms with Gasteiger partial charge in [0.05, 0.1) is 30.6 Å². The first-order valence-corrected chi connectivity index (χ1v) is 15.3. The maximum atomic E-state index is 12.8. The van der Waals surface area contributed by atoms with Gasteiger partial charge in [0.15, 0.2) is 0 Å². The molecule has 4 rings (SSSR count). The van der Waals surface area contributed by atoms with Crippen molar-refractivity contribution < 1.29 is 14.3 Å². The Bertz CT molecular complexity index is 1370. The molecule has 0 spiro atoms. The number of methoxy groups -OCH3 is 1. The SMILES string of the molecule is CCCNc1nc(Nc2ccc3c(c2)N(CCOC)NC3)ncc1C#CCCNC(=O)[C@@H]1CCCN1C(=O)/C=C/CN(C)C. The maximum Gasteiger partial charge on any atom is 0.246 e. The molecule has 2 aliphatic heterocycles. The van der Waals surface area contributed by atoms with Gasteiger partial charge in [-0.05, 0) is 51.1 Å². The third-order valence-electron chi connectivity index (χ3n) is 7.28. The van der Waals surface area contributed by atoms with Gasteiger partial charge in [0.25, 0.3) is 0 Å². The van der Waals surface area contributed by atoms with Gasteiger partial charge in [-0.2, -0.15) is 4.98 Å². The number of nitrogens with zero attached hydrogens (tertiary/aromatic N) is 5. The molecule has 2 aromatic rings. The van der Waals surface area contributed by atoms with Gasteiger partial charge in [-0.15, -0.1) is 0 Å². The third-order valence-corrected chi connectivity index (χ3v) is 7.28. The molecule has 236 valence electrons. The van der Waals surface area contributed by atoms with Crippen LogP contribution in [0.1, 0.15) is 43.7 Å². The predicted octanol–water partition coefficient (Wildman–Crippen LogP) is 2.48. The van der Waals surface area contributed by atoms with Crippen LogP contribution in [0.2, 0.25) is 0 Å². The number of hydrogen-bond acceptors (Lipinski definition) is 10. The normalized spacial score (nSPS) is 15.8. The fourth-order valence-corrected chi connectivity index (χ4v) is 5.02. The number of anilines is 4. The molecular formula is C32H45N9O3. The van der Waals surface area contributed by atoms with Crippen LogP contribution in [0.3, 0.4) is 0 Å². The molecule has 1 aromatic carbocycles. The average Bonchev–Trinajstić information content (AvgIpc) is 3.67. The second kappa shape index (κ2) is 16.6. The van der Waals surface area contributed by atoms with Crippen molar-refractivity contribution >= 4 is 35.0 Å². The van der Waals surface area contributed by atoms with E-state index in [1.165, 1.54) is 5.56 Å². The zero-order chi connectivity index (χ0) is 31.3. The number of hydrazine groups is 1. The molecule has 4 N–H and O–H groups in total. The van der Waals surface area contributed by atoms with Crippen molar-refractivity contribution in [1.29, 1.82) is 0 Å². The Balaban J connectivity index is 1.33. The molecule has 2 aliphatic rings. The monoisotopic (exact) mass is 603 g/mol. The highest BCUT2D eigenvalue weighted by molar-refractivity contribution is 5.93. The lowest BCUT2D eigenvalue weighted by molar-refractivity contribution is -0.135. The summed E-state index contributed by atoms with van der Waals surface area (Å²) in [6, 6.07) is 5.76. The van der Waals surface area contributed by atoms with Crippen LogP contribution in [0.4, 0.5) is 23.1 Å². The Morgan fingerprint density at radius 1 is 1.27 bits per heavy atom. The van der Waals surface area contributed by atoms with Gasteiger partial charge in [0.1, 0.15) is 11.9 Å². The summed E-state index contributed by atoms with van der Waals surface area (Å²) in [7, 11) is 5.58. The summed E-state index contributed by atoms with van der Waals surface area (Å²) >= 11 is 0. The Kier molecular flexibility index (Phi) is 12.4. The molecule has 0 aliphatic carbocycles. The fourth-order valence-electron chi connectivity index (χ4n) is 5.02. The van der Waals surface area contributed by atoms with Crippen LogP contribution >= 0.6 is 0 Å². The first-order chi connectivity index (χ1) is 21.4. The number of likely N-dealkylation sites (tertiary alicyclic amines) is 1. The smallest absolute Gasteiger partial charge is 0.246 e. The number of carbonyl (C=O) groups is 2. The van der Waals surface area contributed by atoms with Crippen molar-refractivity contribution in [3.8, 4) is 11.8 Å². The number of ether oxygens (including phenoxy) is 1. The first kappa shape index (κ1) is 32.7. The second-order valence-corrected chi connectivity index (χ2v) is 11.0. The largest absolute Gasteiger partial charge is 0.383 e. The van der Waals surface area contributed by atoms with Gasteiger partial charge in [-0.3, -0.25) is 9.59 Å².